The zero-order valence-corrected chi connectivity index (χ0v) is 14.1. The fraction of sp³-hybridized carbons (Fsp3) is 0.0526. The van der Waals surface area contributed by atoms with Gasteiger partial charge in [-0.15, -0.1) is 0 Å². The standard InChI is InChI=1S/C19H13ClN4O/c1-12-10-13(6-8-22-12)18-19(25)14(7-9-23-18)17(11-21)24-16-5-3-2-4-15(16)20/h2-10,25H,1H3. The number of hydrogen-bond donors (Lipinski definition) is 1. The summed E-state index contributed by atoms with van der Waals surface area (Å²) in [6.45, 7) is 1.85. The summed E-state index contributed by atoms with van der Waals surface area (Å²) in [6.07, 6.45) is 3.17. The van der Waals surface area contributed by atoms with Gasteiger partial charge in [-0.3, -0.25) is 9.97 Å². The Labute approximate surface area is 149 Å². The van der Waals surface area contributed by atoms with Gasteiger partial charge in [-0.05, 0) is 37.3 Å². The lowest BCUT2D eigenvalue weighted by Crippen LogP contribution is -2.00. The molecule has 0 atom stereocenters. The normalized spacial score (nSPS) is 11.2. The number of benzene rings is 1. The lowest BCUT2D eigenvalue weighted by atomic mass is 10.1. The predicted molar refractivity (Wildman–Crippen MR) is 97.1 cm³/mol. The molecule has 0 spiro atoms. The molecule has 1 aromatic carbocycles. The average Bonchev–Trinajstić information content (AvgIpc) is 2.62. The Hall–Kier alpha value is -3.23. The molecule has 0 aliphatic carbocycles. The molecule has 5 nitrogen and oxygen atoms in total. The van der Waals surface area contributed by atoms with E-state index in [1.165, 1.54) is 6.20 Å². The van der Waals surface area contributed by atoms with Crippen molar-refractivity contribution in [3.8, 4) is 23.1 Å². The van der Waals surface area contributed by atoms with Crippen molar-refractivity contribution in [3.05, 3.63) is 71.1 Å². The van der Waals surface area contributed by atoms with Crippen LogP contribution >= 0.6 is 11.6 Å². The Morgan fingerprint density at radius 2 is 1.92 bits per heavy atom. The van der Waals surface area contributed by atoms with Gasteiger partial charge >= 0.3 is 0 Å². The van der Waals surface area contributed by atoms with Gasteiger partial charge in [-0.25, -0.2) is 4.99 Å². The highest BCUT2D eigenvalue weighted by Gasteiger charge is 2.16. The predicted octanol–water partition coefficient (Wildman–Crippen LogP) is 4.46. The molecule has 1 N–H and O–H groups in total. The SMILES string of the molecule is Cc1cc(-c2nccc(C(C#N)=Nc3ccccc3Cl)c2O)ccn1. The number of aryl methyl sites for hydroxylation is 1. The number of aromatic nitrogens is 2. The minimum atomic E-state index is -0.111. The molecule has 2 heterocycles. The number of aromatic hydroxyl groups is 1. The van der Waals surface area contributed by atoms with Crippen molar-refractivity contribution in [1.82, 2.24) is 9.97 Å². The van der Waals surface area contributed by atoms with Crippen LogP contribution in [0.25, 0.3) is 11.3 Å². The molecule has 0 saturated heterocycles. The number of rotatable bonds is 3. The molecule has 0 saturated carbocycles. The van der Waals surface area contributed by atoms with Gasteiger partial charge in [-0.2, -0.15) is 5.26 Å². The molecule has 0 unspecified atom stereocenters. The van der Waals surface area contributed by atoms with Gasteiger partial charge in [0, 0.05) is 23.7 Å². The van der Waals surface area contributed by atoms with E-state index in [0.717, 1.165) is 5.69 Å². The summed E-state index contributed by atoms with van der Waals surface area (Å²) in [6, 6.07) is 14.1. The van der Waals surface area contributed by atoms with Crippen LogP contribution in [0.2, 0.25) is 5.02 Å². The second kappa shape index (κ2) is 7.12. The Bertz CT molecular complexity index is 1010. The molecular formula is C19H13ClN4O. The van der Waals surface area contributed by atoms with E-state index in [2.05, 4.69) is 15.0 Å². The van der Waals surface area contributed by atoms with E-state index in [0.29, 0.717) is 27.5 Å². The van der Waals surface area contributed by atoms with E-state index >= 15 is 0 Å². The summed E-state index contributed by atoms with van der Waals surface area (Å²) in [5.74, 6) is -0.111. The number of hydrogen-bond acceptors (Lipinski definition) is 5. The first-order chi connectivity index (χ1) is 12.1. The summed E-state index contributed by atoms with van der Waals surface area (Å²) in [5.41, 5.74) is 2.68. The van der Waals surface area contributed by atoms with Gasteiger partial charge in [0.25, 0.3) is 0 Å². The highest BCUT2D eigenvalue weighted by molar-refractivity contribution is 6.33. The number of aliphatic imine (C=N–C) groups is 1. The Morgan fingerprint density at radius 1 is 1.16 bits per heavy atom. The molecule has 0 amide bonds. The fourth-order valence-corrected chi connectivity index (χ4v) is 2.54. The molecule has 6 heteroatoms. The van der Waals surface area contributed by atoms with Gasteiger partial charge < -0.3 is 5.11 Å². The van der Waals surface area contributed by atoms with Crippen LogP contribution in [-0.2, 0) is 0 Å². The first-order valence-corrected chi connectivity index (χ1v) is 7.82. The maximum atomic E-state index is 10.6. The minimum Gasteiger partial charge on any atom is -0.505 e. The van der Waals surface area contributed by atoms with E-state index in [1.807, 2.05) is 19.1 Å². The summed E-state index contributed by atoms with van der Waals surface area (Å²) in [7, 11) is 0. The van der Waals surface area contributed by atoms with Crippen LogP contribution in [0.4, 0.5) is 5.69 Å². The van der Waals surface area contributed by atoms with Crippen LogP contribution in [0.1, 0.15) is 11.3 Å². The lowest BCUT2D eigenvalue weighted by Gasteiger charge is -2.08. The molecule has 0 radical (unpaired) electrons. The highest BCUT2D eigenvalue weighted by Crippen LogP contribution is 2.32. The molecule has 25 heavy (non-hydrogen) atoms. The van der Waals surface area contributed by atoms with Crippen LogP contribution in [0.3, 0.4) is 0 Å². The van der Waals surface area contributed by atoms with E-state index in [-0.39, 0.29) is 11.5 Å². The molecule has 0 fully saturated rings. The van der Waals surface area contributed by atoms with Crippen LogP contribution in [-0.4, -0.2) is 20.8 Å². The first kappa shape index (κ1) is 16.6. The van der Waals surface area contributed by atoms with Gasteiger partial charge in [0.15, 0.2) is 11.5 Å². The monoisotopic (exact) mass is 348 g/mol. The molecule has 3 aromatic rings. The average molecular weight is 349 g/mol. The molecule has 122 valence electrons. The van der Waals surface area contributed by atoms with Crippen molar-refractivity contribution in [2.75, 3.05) is 0 Å². The van der Waals surface area contributed by atoms with Crippen molar-refractivity contribution in [1.29, 1.82) is 5.26 Å². The Balaban J connectivity index is 2.13. The summed E-state index contributed by atoms with van der Waals surface area (Å²) >= 11 is 6.10. The topological polar surface area (TPSA) is 82.2 Å². The van der Waals surface area contributed by atoms with Gasteiger partial charge in [0.1, 0.15) is 11.8 Å². The molecule has 0 aliphatic heterocycles. The van der Waals surface area contributed by atoms with Crippen molar-refractivity contribution < 1.29 is 5.11 Å². The third-order valence-corrected chi connectivity index (χ3v) is 3.86. The zero-order valence-electron chi connectivity index (χ0n) is 13.3. The van der Waals surface area contributed by atoms with E-state index in [4.69, 9.17) is 11.6 Å². The zero-order chi connectivity index (χ0) is 17.8. The quantitative estimate of drug-likeness (QED) is 0.708. The number of nitriles is 1. The minimum absolute atomic E-state index is 0.0556. The van der Waals surface area contributed by atoms with Crippen molar-refractivity contribution in [3.63, 3.8) is 0 Å². The molecule has 0 bridgehead atoms. The van der Waals surface area contributed by atoms with E-state index in [1.54, 1.807) is 42.6 Å². The summed E-state index contributed by atoms with van der Waals surface area (Å²) < 4.78 is 0. The van der Waals surface area contributed by atoms with Crippen molar-refractivity contribution in [2.45, 2.75) is 6.92 Å². The number of para-hydroxylation sites is 1. The van der Waals surface area contributed by atoms with Crippen molar-refractivity contribution >= 4 is 23.0 Å². The molecule has 3 rings (SSSR count). The Kier molecular flexibility index (Phi) is 4.73. The fourth-order valence-electron chi connectivity index (χ4n) is 2.36. The van der Waals surface area contributed by atoms with Gasteiger partial charge in [-0.1, -0.05) is 23.7 Å². The maximum Gasteiger partial charge on any atom is 0.152 e. The number of nitrogens with zero attached hydrogens (tertiary/aromatic N) is 4. The second-order valence-electron chi connectivity index (χ2n) is 5.27. The molecule has 0 aliphatic rings. The number of pyridine rings is 2. The Morgan fingerprint density at radius 3 is 2.64 bits per heavy atom. The van der Waals surface area contributed by atoms with Crippen molar-refractivity contribution in [2.24, 2.45) is 4.99 Å². The van der Waals surface area contributed by atoms with Crippen LogP contribution in [0.15, 0.2) is 59.9 Å². The van der Waals surface area contributed by atoms with Crippen LogP contribution in [0.5, 0.6) is 5.75 Å². The maximum absolute atomic E-state index is 10.6. The second-order valence-corrected chi connectivity index (χ2v) is 5.67. The summed E-state index contributed by atoms with van der Waals surface area (Å²) in [4.78, 5) is 12.6. The van der Waals surface area contributed by atoms with Crippen LogP contribution in [0, 0.1) is 18.3 Å². The largest absolute Gasteiger partial charge is 0.505 e. The molecular weight excluding hydrogens is 336 g/mol. The lowest BCUT2D eigenvalue weighted by molar-refractivity contribution is 0.474. The summed E-state index contributed by atoms with van der Waals surface area (Å²) in [5, 5.41) is 20.6. The van der Waals surface area contributed by atoms with E-state index in [9.17, 15) is 10.4 Å². The van der Waals surface area contributed by atoms with Gasteiger partial charge in [0.2, 0.25) is 0 Å². The third kappa shape index (κ3) is 3.49. The molecule has 2 aromatic heterocycles. The highest BCUT2D eigenvalue weighted by atomic mass is 35.5. The first-order valence-electron chi connectivity index (χ1n) is 7.45. The smallest absolute Gasteiger partial charge is 0.152 e. The van der Waals surface area contributed by atoms with Gasteiger partial charge in [0.05, 0.1) is 16.3 Å². The third-order valence-electron chi connectivity index (χ3n) is 3.54. The van der Waals surface area contributed by atoms with E-state index < -0.39 is 0 Å². The number of halogens is 1. The van der Waals surface area contributed by atoms with Crippen LogP contribution < -0.4 is 0 Å².